The first kappa shape index (κ1) is 16.9. The first-order valence-corrected chi connectivity index (χ1v) is 6.38. The van der Waals surface area contributed by atoms with Crippen LogP contribution in [0.3, 0.4) is 0 Å². The third-order valence-corrected chi connectivity index (χ3v) is 2.92. The molecule has 0 radical (unpaired) electrons. The molecule has 0 fully saturated rings. The van der Waals surface area contributed by atoms with Crippen LogP contribution < -0.4 is 5.32 Å². The van der Waals surface area contributed by atoms with E-state index in [4.69, 9.17) is 9.84 Å². The lowest BCUT2D eigenvalue weighted by Gasteiger charge is -2.16. The maximum absolute atomic E-state index is 11.0. The summed E-state index contributed by atoms with van der Waals surface area (Å²) in [5.41, 5.74) is -0.193. The van der Waals surface area contributed by atoms with Gasteiger partial charge >= 0.3 is 5.97 Å². The number of hydrogen-bond donors (Lipinski definition) is 2. The number of nitrogens with one attached hydrogen (secondary N) is 1. The van der Waals surface area contributed by atoms with Gasteiger partial charge in [0.05, 0.1) is 11.5 Å². The monoisotopic (exact) mass is 297 g/mol. The van der Waals surface area contributed by atoms with Crippen molar-refractivity contribution in [3.63, 3.8) is 0 Å². The number of methoxy groups -OCH3 is 1. The summed E-state index contributed by atoms with van der Waals surface area (Å²) in [7, 11) is 3.58. The predicted molar refractivity (Wildman–Crippen MR) is 77.9 cm³/mol. The quantitative estimate of drug-likeness (QED) is 0.522. The van der Waals surface area contributed by atoms with Crippen molar-refractivity contribution in [2.75, 3.05) is 45.7 Å². The summed E-state index contributed by atoms with van der Waals surface area (Å²) in [5, 5.41) is 22.8. The Bertz CT molecular complexity index is 507. The number of likely N-dealkylation sites (N-methyl/N-ethyl adjacent to an activating group) is 1. The minimum absolute atomic E-state index is 0.322. The molecule has 0 atom stereocenters. The number of rotatable bonds is 9. The van der Waals surface area contributed by atoms with Crippen LogP contribution >= 0.6 is 0 Å². The third kappa shape index (κ3) is 5.36. The molecule has 0 aliphatic rings. The summed E-state index contributed by atoms with van der Waals surface area (Å²) in [5.74, 6) is -1.32. The fourth-order valence-electron chi connectivity index (χ4n) is 1.73. The molecule has 8 heteroatoms. The fourth-order valence-corrected chi connectivity index (χ4v) is 1.73. The number of ether oxygens (including phenoxy) is 1. The van der Waals surface area contributed by atoms with Gasteiger partial charge in [0.2, 0.25) is 0 Å². The fraction of sp³-hybridized carbons (Fsp3) is 0.462. The van der Waals surface area contributed by atoms with Crippen LogP contribution in [0.4, 0.5) is 11.4 Å². The number of nitro groups is 1. The van der Waals surface area contributed by atoms with Crippen molar-refractivity contribution in [1.29, 1.82) is 0 Å². The average Bonchev–Trinajstić information content (AvgIpc) is 2.44. The first-order chi connectivity index (χ1) is 9.95. The summed E-state index contributed by atoms with van der Waals surface area (Å²) in [6, 6.07) is 3.97. The van der Waals surface area contributed by atoms with Crippen LogP contribution in [0.5, 0.6) is 0 Å². The number of hydrogen-bond acceptors (Lipinski definition) is 6. The van der Waals surface area contributed by atoms with Gasteiger partial charge in [0.25, 0.3) is 5.69 Å². The minimum Gasteiger partial charge on any atom is -0.477 e. The number of benzene rings is 1. The smallest absolute Gasteiger partial charge is 0.342 e. The molecule has 0 spiro atoms. The Morgan fingerprint density at radius 1 is 1.48 bits per heavy atom. The van der Waals surface area contributed by atoms with Crippen molar-refractivity contribution in [3.8, 4) is 0 Å². The van der Waals surface area contributed by atoms with E-state index in [1.165, 1.54) is 18.2 Å². The van der Waals surface area contributed by atoms with Gasteiger partial charge in [-0.1, -0.05) is 0 Å². The molecule has 0 saturated carbocycles. The van der Waals surface area contributed by atoms with Crippen molar-refractivity contribution >= 4 is 17.3 Å². The molecule has 1 aromatic rings. The molecule has 1 aromatic carbocycles. The van der Waals surface area contributed by atoms with E-state index in [1.54, 1.807) is 7.11 Å². The molecule has 116 valence electrons. The van der Waals surface area contributed by atoms with Gasteiger partial charge in [0, 0.05) is 38.5 Å². The molecule has 21 heavy (non-hydrogen) atoms. The number of anilines is 1. The standard InChI is InChI=1S/C13H19N3O5/c1-15(7-8-21-2)6-5-14-10-3-4-12(16(19)20)11(9-10)13(17)18/h3-4,9,14H,5-8H2,1-2H3,(H,17,18). The molecule has 0 unspecified atom stereocenters. The van der Waals surface area contributed by atoms with Crippen molar-refractivity contribution in [2.24, 2.45) is 0 Å². The lowest BCUT2D eigenvalue weighted by molar-refractivity contribution is -0.385. The molecular formula is C13H19N3O5. The maximum Gasteiger partial charge on any atom is 0.342 e. The molecule has 1 rings (SSSR count). The highest BCUT2D eigenvalue weighted by Crippen LogP contribution is 2.22. The Morgan fingerprint density at radius 2 is 2.19 bits per heavy atom. The van der Waals surface area contributed by atoms with Crippen molar-refractivity contribution in [1.82, 2.24) is 4.90 Å². The van der Waals surface area contributed by atoms with Crippen molar-refractivity contribution in [2.45, 2.75) is 0 Å². The zero-order valence-electron chi connectivity index (χ0n) is 12.0. The Balaban J connectivity index is 2.62. The van der Waals surface area contributed by atoms with Gasteiger partial charge in [-0.15, -0.1) is 0 Å². The lowest BCUT2D eigenvalue weighted by Crippen LogP contribution is -2.28. The van der Waals surface area contributed by atoms with Gasteiger partial charge in [-0.05, 0) is 19.2 Å². The number of aromatic carboxylic acids is 1. The number of carboxylic acid groups (broad SMARTS) is 1. The van der Waals surface area contributed by atoms with E-state index < -0.39 is 16.6 Å². The van der Waals surface area contributed by atoms with Gasteiger partial charge in [0.15, 0.2) is 0 Å². The van der Waals surface area contributed by atoms with Crippen LogP contribution in [0.2, 0.25) is 0 Å². The molecule has 0 bridgehead atoms. The second-order valence-corrected chi connectivity index (χ2v) is 4.52. The Hall–Kier alpha value is -2.19. The molecule has 0 aliphatic heterocycles. The van der Waals surface area contributed by atoms with Gasteiger partial charge in [-0.25, -0.2) is 4.79 Å². The van der Waals surface area contributed by atoms with E-state index >= 15 is 0 Å². The molecule has 2 N–H and O–H groups in total. The van der Waals surface area contributed by atoms with Gasteiger partial charge in [-0.3, -0.25) is 10.1 Å². The summed E-state index contributed by atoms with van der Waals surface area (Å²) in [6.45, 7) is 2.76. The van der Waals surface area contributed by atoms with Gasteiger partial charge < -0.3 is 20.1 Å². The molecule has 0 aromatic heterocycles. The maximum atomic E-state index is 11.0. The Morgan fingerprint density at radius 3 is 2.76 bits per heavy atom. The lowest BCUT2D eigenvalue weighted by atomic mass is 10.1. The number of carboxylic acids is 1. The van der Waals surface area contributed by atoms with Crippen LogP contribution in [0.15, 0.2) is 18.2 Å². The molecule has 0 aliphatic carbocycles. The van der Waals surface area contributed by atoms with E-state index in [9.17, 15) is 14.9 Å². The van der Waals surface area contributed by atoms with E-state index in [0.29, 0.717) is 18.8 Å². The highest BCUT2D eigenvalue weighted by atomic mass is 16.6. The highest BCUT2D eigenvalue weighted by Gasteiger charge is 2.19. The van der Waals surface area contributed by atoms with Crippen molar-refractivity contribution < 1.29 is 19.6 Å². The summed E-state index contributed by atoms with van der Waals surface area (Å²) >= 11 is 0. The van der Waals surface area contributed by atoms with Crippen LogP contribution in [0.25, 0.3) is 0 Å². The van der Waals surface area contributed by atoms with Gasteiger partial charge in [0.1, 0.15) is 5.56 Å². The summed E-state index contributed by atoms with van der Waals surface area (Å²) in [4.78, 5) is 23.1. The van der Waals surface area contributed by atoms with Crippen LogP contribution in [-0.2, 0) is 4.74 Å². The molecule has 8 nitrogen and oxygen atoms in total. The second-order valence-electron chi connectivity index (χ2n) is 4.52. The van der Waals surface area contributed by atoms with E-state index in [0.717, 1.165) is 13.1 Å². The van der Waals surface area contributed by atoms with E-state index in [1.807, 2.05) is 7.05 Å². The molecular weight excluding hydrogens is 278 g/mol. The van der Waals surface area contributed by atoms with Crippen LogP contribution in [0, 0.1) is 10.1 Å². The largest absolute Gasteiger partial charge is 0.477 e. The molecule has 0 amide bonds. The summed E-state index contributed by atoms with van der Waals surface area (Å²) < 4.78 is 4.96. The molecule has 0 saturated heterocycles. The number of nitro benzene ring substituents is 1. The van der Waals surface area contributed by atoms with E-state index in [-0.39, 0.29) is 5.56 Å². The summed E-state index contributed by atoms with van der Waals surface area (Å²) in [6.07, 6.45) is 0. The first-order valence-electron chi connectivity index (χ1n) is 6.38. The van der Waals surface area contributed by atoms with Crippen molar-refractivity contribution in [3.05, 3.63) is 33.9 Å². The zero-order valence-corrected chi connectivity index (χ0v) is 12.0. The topological polar surface area (TPSA) is 105 Å². The van der Waals surface area contributed by atoms with Gasteiger partial charge in [-0.2, -0.15) is 0 Å². The average molecular weight is 297 g/mol. The Kier molecular flexibility index (Phi) is 6.57. The molecule has 0 heterocycles. The third-order valence-electron chi connectivity index (χ3n) is 2.92. The highest BCUT2D eigenvalue weighted by molar-refractivity contribution is 5.93. The number of carbonyl (C=O) groups is 1. The predicted octanol–water partition coefficient (Wildman–Crippen LogP) is 1.28. The SMILES string of the molecule is COCCN(C)CCNc1ccc([N+](=O)[O-])c(C(=O)O)c1. The zero-order chi connectivity index (χ0) is 15.8. The second kappa shape index (κ2) is 8.18. The normalized spacial score (nSPS) is 10.6. The number of nitrogens with zero attached hydrogens (tertiary/aromatic N) is 2. The Labute approximate surface area is 122 Å². The van der Waals surface area contributed by atoms with Crippen LogP contribution in [0.1, 0.15) is 10.4 Å². The minimum atomic E-state index is -1.32. The van der Waals surface area contributed by atoms with E-state index in [2.05, 4.69) is 10.2 Å². The van der Waals surface area contributed by atoms with Crippen LogP contribution in [-0.4, -0.2) is 61.3 Å².